The maximum Gasteiger partial charge on any atom is 0.0740 e. The summed E-state index contributed by atoms with van der Waals surface area (Å²) >= 11 is 6.54. The van der Waals surface area contributed by atoms with Crippen LogP contribution in [0.4, 0.5) is 0 Å². The average molecular weight is 304 g/mol. The van der Waals surface area contributed by atoms with Gasteiger partial charge in [-0.2, -0.15) is 0 Å². The summed E-state index contributed by atoms with van der Waals surface area (Å²) in [4.78, 5) is 7.21. The number of aromatic nitrogens is 1. The summed E-state index contributed by atoms with van der Waals surface area (Å²) in [6.45, 7) is 5.90. The Morgan fingerprint density at radius 2 is 2.00 bits per heavy atom. The molecule has 1 aliphatic heterocycles. The predicted octanol–water partition coefficient (Wildman–Crippen LogP) is 3.37. The zero-order valence-corrected chi connectivity index (χ0v) is 13.2. The van der Waals surface area contributed by atoms with Crippen LogP contribution in [0.15, 0.2) is 24.3 Å². The number of hydrogen-bond donors (Lipinski definition) is 1. The molecule has 0 bridgehead atoms. The summed E-state index contributed by atoms with van der Waals surface area (Å²) < 4.78 is 0. The number of aryl methyl sites for hydroxylation is 1. The Hall–Kier alpha value is -1.16. The Morgan fingerprint density at radius 3 is 2.71 bits per heavy atom. The largest absolute Gasteiger partial charge is 0.330 e. The highest BCUT2D eigenvalue weighted by Gasteiger charge is 2.20. The maximum atomic E-state index is 6.54. The van der Waals surface area contributed by atoms with Crippen molar-refractivity contribution in [3.8, 4) is 0 Å². The molecule has 0 radical (unpaired) electrons. The second-order valence-electron chi connectivity index (χ2n) is 5.97. The van der Waals surface area contributed by atoms with Gasteiger partial charge < -0.3 is 5.73 Å². The van der Waals surface area contributed by atoms with E-state index < -0.39 is 0 Å². The molecule has 2 heterocycles. The minimum absolute atomic E-state index is 0.683. The van der Waals surface area contributed by atoms with Gasteiger partial charge in [-0.25, -0.2) is 4.98 Å². The van der Waals surface area contributed by atoms with Crippen molar-refractivity contribution in [3.63, 3.8) is 0 Å². The van der Waals surface area contributed by atoms with Gasteiger partial charge in [0.1, 0.15) is 0 Å². The van der Waals surface area contributed by atoms with Gasteiger partial charge in [-0.05, 0) is 56.9 Å². The van der Waals surface area contributed by atoms with E-state index in [4.69, 9.17) is 22.3 Å². The van der Waals surface area contributed by atoms with Crippen molar-refractivity contribution < 1.29 is 0 Å². The van der Waals surface area contributed by atoms with Crippen LogP contribution in [0.5, 0.6) is 0 Å². The van der Waals surface area contributed by atoms with Crippen LogP contribution in [0.25, 0.3) is 10.9 Å². The van der Waals surface area contributed by atoms with Crippen LogP contribution in [0, 0.1) is 12.8 Å². The van der Waals surface area contributed by atoms with Gasteiger partial charge in [0.2, 0.25) is 0 Å². The quantitative estimate of drug-likeness (QED) is 0.945. The zero-order chi connectivity index (χ0) is 14.8. The van der Waals surface area contributed by atoms with Crippen molar-refractivity contribution >= 4 is 22.5 Å². The van der Waals surface area contributed by atoms with Crippen molar-refractivity contribution in [1.82, 2.24) is 9.88 Å². The summed E-state index contributed by atoms with van der Waals surface area (Å²) in [5, 5.41) is 1.96. The number of nitrogens with two attached hydrogens (primary N) is 1. The molecule has 1 fully saturated rings. The molecule has 1 saturated heterocycles. The van der Waals surface area contributed by atoms with Gasteiger partial charge in [0.15, 0.2) is 0 Å². The summed E-state index contributed by atoms with van der Waals surface area (Å²) in [7, 11) is 0. The van der Waals surface area contributed by atoms with E-state index in [1.807, 2.05) is 12.1 Å². The first kappa shape index (κ1) is 14.8. The number of hydrogen-bond acceptors (Lipinski definition) is 3. The van der Waals surface area contributed by atoms with Gasteiger partial charge >= 0.3 is 0 Å². The number of piperidine rings is 1. The molecule has 2 N–H and O–H groups in total. The van der Waals surface area contributed by atoms with E-state index in [0.29, 0.717) is 5.92 Å². The van der Waals surface area contributed by atoms with Gasteiger partial charge in [-0.1, -0.05) is 29.8 Å². The smallest absolute Gasteiger partial charge is 0.0740 e. The minimum atomic E-state index is 0.683. The van der Waals surface area contributed by atoms with Gasteiger partial charge in [0, 0.05) is 11.9 Å². The van der Waals surface area contributed by atoms with Crippen molar-refractivity contribution in [1.29, 1.82) is 0 Å². The fraction of sp³-hybridized carbons (Fsp3) is 0.471. The number of halogens is 1. The second kappa shape index (κ2) is 6.30. The topological polar surface area (TPSA) is 42.1 Å². The van der Waals surface area contributed by atoms with Crippen LogP contribution < -0.4 is 5.73 Å². The first-order valence-corrected chi connectivity index (χ1v) is 8.03. The van der Waals surface area contributed by atoms with Crippen LogP contribution in [0.1, 0.15) is 24.1 Å². The molecule has 1 aliphatic rings. The molecule has 0 unspecified atom stereocenters. The Kier molecular flexibility index (Phi) is 4.43. The molecule has 1 aromatic carbocycles. The first-order valence-electron chi connectivity index (χ1n) is 7.65. The predicted molar refractivity (Wildman–Crippen MR) is 88.5 cm³/mol. The summed E-state index contributed by atoms with van der Waals surface area (Å²) in [6.07, 6.45) is 2.36. The van der Waals surface area contributed by atoms with E-state index in [1.54, 1.807) is 0 Å². The minimum Gasteiger partial charge on any atom is -0.330 e. The highest BCUT2D eigenvalue weighted by molar-refractivity contribution is 6.32. The lowest BCUT2D eigenvalue weighted by Gasteiger charge is -2.31. The molecule has 3 rings (SSSR count). The third-order valence-electron chi connectivity index (χ3n) is 4.56. The highest BCUT2D eigenvalue weighted by atomic mass is 35.5. The lowest BCUT2D eigenvalue weighted by atomic mass is 9.97. The lowest BCUT2D eigenvalue weighted by molar-refractivity contribution is 0.179. The SMILES string of the molecule is Cc1c(Cl)c(CN2CCC(CN)CC2)nc2ccccc12. The monoisotopic (exact) mass is 303 g/mol. The number of nitrogens with zero attached hydrogens (tertiary/aromatic N) is 2. The Balaban J connectivity index is 1.83. The number of para-hydroxylation sites is 1. The third-order valence-corrected chi connectivity index (χ3v) is 5.06. The number of pyridine rings is 1. The fourth-order valence-electron chi connectivity index (χ4n) is 3.11. The first-order chi connectivity index (χ1) is 10.2. The zero-order valence-electron chi connectivity index (χ0n) is 12.5. The molecule has 21 heavy (non-hydrogen) atoms. The van der Waals surface area contributed by atoms with Gasteiger partial charge in [-0.3, -0.25) is 4.90 Å². The van der Waals surface area contributed by atoms with Crippen LogP contribution in [-0.4, -0.2) is 29.5 Å². The number of likely N-dealkylation sites (tertiary alicyclic amines) is 1. The van der Waals surface area contributed by atoms with Gasteiger partial charge in [-0.15, -0.1) is 0 Å². The molecule has 0 atom stereocenters. The number of fused-ring (bicyclic) bond motifs is 1. The van der Waals surface area contributed by atoms with Crippen LogP contribution in [-0.2, 0) is 6.54 Å². The molecule has 0 spiro atoms. The normalized spacial score (nSPS) is 17.5. The average Bonchev–Trinajstić information content (AvgIpc) is 2.53. The molecule has 0 amide bonds. The van der Waals surface area contributed by atoms with Crippen LogP contribution >= 0.6 is 11.6 Å². The van der Waals surface area contributed by atoms with Crippen molar-refractivity contribution in [2.75, 3.05) is 19.6 Å². The number of rotatable bonds is 3. The Morgan fingerprint density at radius 1 is 1.29 bits per heavy atom. The molecule has 0 saturated carbocycles. The van der Waals surface area contributed by atoms with E-state index in [9.17, 15) is 0 Å². The lowest BCUT2D eigenvalue weighted by Crippen LogP contribution is -2.35. The van der Waals surface area contributed by atoms with Crippen LogP contribution in [0.3, 0.4) is 0 Å². The second-order valence-corrected chi connectivity index (χ2v) is 6.35. The van der Waals surface area contributed by atoms with Crippen molar-refractivity contribution in [2.45, 2.75) is 26.3 Å². The van der Waals surface area contributed by atoms with E-state index in [2.05, 4.69) is 24.0 Å². The standard InChI is InChI=1S/C17H22ClN3/c1-12-14-4-2-3-5-15(14)20-16(17(12)18)11-21-8-6-13(10-19)7-9-21/h2-5,13H,6-11,19H2,1H3. The van der Waals surface area contributed by atoms with E-state index >= 15 is 0 Å². The van der Waals surface area contributed by atoms with Gasteiger partial charge in [0.25, 0.3) is 0 Å². The van der Waals surface area contributed by atoms with Crippen LogP contribution in [0.2, 0.25) is 5.02 Å². The Bertz CT molecular complexity index is 633. The highest BCUT2D eigenvalue weighted by Crippen LogP contribution is 2.28. The molecule has 4 heteroatoms. The van der Waals surface area contributed by atoms with Crippen molar-refractivity contribution in [3.05, 3.63) is 40.5 Å². The number of benzene rings is 1. The molecular weight excluding hydrogens is 282 g/mol. The molecule has 112 valence electrons. The summed E-state index contributed by atoms with van der Waals surface area (Å²) in [6, 6.07) is 8.20. The fourth-order valence-corrected chi connectivity index (χ4v) is 3.32. The van der Waals surface area contributed by atoms with E-state index in [0.717, 1.165) is 53.4 Å². The Labute approximate surface area is 131 Å². The summed E-state index contributed by atoms with van der Waals surface area (Å²) in [5.41, 5.74) is 8.92. The van der Waals surface area contributed by atoms with E-state index in [-0.39, 0.29) is 0 Å². The molecule has 1 aromatic heterocycles. The third kappa shape index (κ3) is 3.05. The van der Waals surface area contributed by atoms with Gasteiger partial charge in [0.05, 0.1) is 16.2 Å². The van der Waals surface area contributed by atoms with Crippen molar-refractivity contribution in [2.24, 2.45) is 11.7 Å². The molecule has 0 aliphatic carbocycles. The molecule has 2 aromatic rings. The van der Waals surface area contributed by atoms with E-state index in [1.165, 1.54) is 12.8 Å². The molecular formula is C17H22ClN3. The maximum absolute atomic E-state index is 6.54. The summed E-state index contributed by atoms with van der Waals surface area (Å²) in [5.74, 6) is 0.683. The molecule has 3 nitrogen and oxygen atoms in total.